The summed E-state index contributed by atoms with van der Waals surface area (Å²) in [5.41, 5.74) is 0.554. The van der Waals surface area contributed by atoms with Crippen LogP contribution in [0.5, 0.6) is 0 Å². The molecule has 0 aromatic carbocycles. The summed E-state index contributed by atoms with van der Waals surface area (Å²) >= 11 is 0. The molecule has 22 heavy (non-hydrogen) atoms. The molecular weight excluding hydrogens is 280 g/mol. The highest BCUT2D eigenvalue weighted by atomic mass is 16.5. The number of ether oxygens (including phenoxy) is 1. The van der Waals surface area contributed by atoms with Crippen LogP contribution >= 0.6 is 0 Å². The first-order valence-electron chi connectivity index (χ1n) is 8.07. The smallest absolute Gasteiger partial charge is 0.254 e. The van der Waals surface area contributed by atoms with Crippen LogP contribution in [0.4, 0.5) is 0 Å². The molecule has 2 fully saturated rings. The quantitative estimate of drug-likeness (QED) is 0.815. The van der Waals surface area contributed by atoms with Gasteiger partial charge in [0.15, 0.2) is 0 Å². The normalized spacial score (nSPS) is 22.0. The molecule has 3 rings (SSSR count). The maximum Gasteiger partial charge on any atom is 0.254 e. The van der Waals surface area contributed by atoms with E-state index in [0.29, 0.717) is 23.9 Å². The number of amides is 1. The lowest BCUT2D eigenvalue weighted by Gasteiger charge is -2.15. The average Bonchev–Trinajstić information content (AvgIpc) is 3.30. The second-order valence-corrected chi connectivity index (χ2v) is 6.26. The molecule has 1 aromatic heterocycles. The molecule has 2 aliphatic rings. The van der Waals surface area contributed by atoms with Crippen molar-refractivity contribution in [2.45, 2.75) is 25.2 Å². The van der Waals surface area contributed by atoms with Crippen LogP contribution < -0.4 is 5.32 Å². The van der Waals surface area contributed by atoms with Gasteiger partial charge >= 0.3 is 0 Å². The number of carbonyl (C=O) groups is 1. The Bertz CT molecular complexity index is 501. The Balaban J connectivity index is 1.42. The lowest BCUT2D eigenvalue weighted by molar-refractivity contribution is 0.0946. The van der Waals surface area contributed by atoms with Crippen LogP contribution in [0, 0.1) is 5.92 Å². The lowest BCUT2D eigenvalue weighted by atomic mass is 10.1. The number of hydrogen-bond donors (Lipinski definition) is 1. The molecule has 1 aromatic rings. The summed E-state index contributed by atoms with van der Waals surface area (Å²) in [6.07, 6.45) is 6.77. The van der Waals surface area contributed by atoms with Crippen LogP contribution in [0.2, 0.25) is 0 Å². The van der Waals surface area contributed by atoms with Gasteiger partial charge in [0.2, 0.25) is 0 Å². The fourth-order valence-corrected chi connectivity index (χ4v) is 2.85. The standard InChI is InChI=1S/C16H24N4O2/c1-22-7-6-20-5-4-12(11-20)8-19-16(21)14-9-17-15(18-10-14)13-2-3-13/h9-10,12-13H,2-8,11H2,1H3,(H,19,21). The molecule has 1 atom stereocenters. The van der Waals surface area contributed by atoms with Crippen LogP contribution in [-0.2, 0) is 4.74 Å². The maximum atomic E-state index is 12.1. The van der Waals surface area contributed by atoms with Gasteiger partial charge in [-0.1, -0.05) is 0 Å². The summed E-state index contributed by atoms with van der Waals surface area (Å²) in [6, 6.07) is 0. The zero-order valence-electron chi connectivity index (χ0n) is 13.1. The van der Waals surface area contributed by atoms with Crippen LogP contribution in [0.15, 0.2) is 12.4 Å². The molecule has 1 N–H and O–H groups in total. The number of likely N-dealkylation sites (tertiary alicyclic amines) is 1. The second kappa shape index (κ2) is 7.15. The Morgan fingerprint density at radius 2 is 2.14 bits per heavy atom. The molecule has 1 aliphatic heterocycles. The first-order chi connectivity index (χ1) is 10.8. The van der Waals surface area contributed by atoms with Gasteiger partial charge in [-0.15, -0.1) is 0 Å². The molecule has 1 saturated carbocycles. The highest BCUT2D eigenvalue weighted by Gasteiger charge is 2.26. The van der Waals surface area contributed by atoms with E-state index in [0.717, 1.165) is 38.5 Å². The number of hydrogen-bond acceptors (Lipinski definition) is 5. The molecule has 1 aliphatic carbocycles. The SMILES string of the molecule is COCCN1CCC(CNC(=O)c2cnc(C3CC3)nc2)C1. The second-order valence-electron chi connectivity index (χ2n) is 6.26. The van der Waals surface area contributed by atoms with Gasteiger partial charge in [0.05, 0.1) is 12.2 Å². The molecule has 6 nitrogen and oxygen atoms in total. The van der Waals surface area contributed by atoms with E-state index in [1.165, 1.54) is 12.8 Å². The first kappa shape index (κ1) is 15.4. The van der Waals surface area contributed by atoms with E-state index in [-0.39, 0.29) is 5.91 Å². The molecule has 0 radical (unpaired) electrons. The first-order valence-corrected chi connectivity index (χ1v) is 8.07. The van der Waals surface area contributed by atoms with Crippen LogP contribution in [0.25, 0.3) is 0 Å². The summed E-state index contributed by atoms with van der Waals surface area (Å²) < 4.78 is 5.10. The van der Waals surface area contributed by atoms with E-state index < -0.39 is 0 Å². The Morgan fingerprint density at radius 1 is 1.36 bits per heavy atom. The fraction of sp³-hybridized carbons (Fsp3) is 0.688. The van der Waals surface area contributed by atoms with Crippen LogP contribution in [0.1, 0.15) is 41.4 Å². The molecule has 2 heterocycles. The number of aromatic nitrogens is 2. The van der Waals surface area contributed by atoms with E-state index in [1.54, 1.807) is 19.5 Å². The van der Waals surface area contributed by atoms with E-state index in [2.05, 4.69) is 20.2 Å². The van der Waals surface area contributed by atoms with Crippen molar-refractivity contribution in [3.63, 3.8) is 0 Å². The molecule has 6 heteroatoms. The van der Waals surface area contributed by atoms with E-state index in [4.69, 9.17) is 4.74 Å². The monoisotopic (exact) mass is 304 g/mol. The minimum atomic E-state index is -0.0716. The van der Waals surface area contributed by atoms with Gasteiger partial charge in [0.25, 0.3) is 5.91 Å². The number of rotatable bonds is 7. The third kappa shape index (κ3) is 4.01. The summed E-state index contributed by atoms with van der Waals surface area (Å²) in [7, 11) is 1.73. The molecular formula is C16H24N4O2. The molecule has 120 valence electrons. The van der Waals surface area contributed by atoms with Crippen LogP contribution in [0.3, 0.4) is 0 Å². The van der Waals surface area contributed by atoms with Gasteiger partial charge in [-0.25, -0.2) is 9.97 Å². The van der Waals surface area contributed by atoms with Gasteiger partial charge in [-0.2, -0.15) is 0 Å². The highest BCUT2D eigenvalue weighted by Crippen LogP contribution is 2.37. The minimum Gasteiger partial charge on any atom is -0.383 e. The largest absolute Gasteiger partial charge is 0.383 e. The van der Waals surface area contributed by atoms with Gasteiger partial charge in [-0.3, -0.25) is 4.79 Å². The summed E-state index contributed by atoms with van der Waals surface area (Å²) in [4.78, 5) is 23.1. The number of carbonyl (C=O) groups excluding carboxylic acids is 1. The van der Waals surface area contributed by atoms with E-state index in [1.807, 2.05) is 0 Å². The van der Waals surface area contributed by atoms with Crippen molar-refractivity contribution in [2.75, 3.05) is 39.9 Å². The zero-order valence-corrected chi connectivity index (χ0v) is 13.1. The predicted molar refractivity (Wildman–Crippen MR) is 82.8 cm³/mol. The van der Waals surface area contributed by atoms with Crippen molar-refractivity contribution in [3.05, 3.63) is 23.8 Å². The van der Waals surface area contributed by atoms with Gasteiger partial charge in [0, 0.05) is 45.1 Å². The molecule has 0 bridgehead atoms. The van der Waals surface area contributed by atoms with Crippen molar-refractivity contribution in [1.29, 1.82) is 0 Å². The van der Waals surface area contributed by atoms with E-state index >= 15 is 0 Å². The topological polar surface area (TPSA) is 67.3 Å². The molecule has 1 saturated heterocycles. The Hall–Kier alpha value is -1.53. The number of nitrogens with one attached hydrogen (secondary N) is 1. The minimum absolute atomic E-state index is 0.0716. The third-order valence-electron chi connectivity index (χ3n) is 4.41. The van der Waals surface area contributed by atoms with Crippen molar-refractivity contribution in [3.8, 4) is 0 Å². The number of nitrogens with zero attached hydrogens (tertiary/aromatic N) is 3. The van der Waals surface area contributed by atoms with Crippen molar-refractivity contribution in [1.82, 2.24) is 20.2 Å². The summed E-state index contributed by atoms with van der Waals surface area (Å²) in [5.74, 6) is 1.85. The summed E-state index contributed by atoms with van der Waals surface area (Å²) in [6.45, 7) is 4.57. The highest BCUT2D eigenvalue weighted by molar-refractivity contribution is 5.93. The van der Waals surface area contributed by atoms with Crippen molar-refractivity contribution in [2.24, 2.45) is 5.92 Å². The lowest BCUT2D eigenvalue weighted by Crippen LogP contribution is -2.32. The van der Waals surface area contributed by atoms with Crippen molar-refractivity contribution < 1.29 is 9.53 Å². The predicted octanol–water partition coefficient (Wildman–Crippen LogP) is 1.05. The Morgan fingerprint density at radius 3 is 2.82 bits per heavy atom. The zero-order chi connectivity index (χ0) is 15.4. The fourth-order valence-electron chi connectivity index (χ4n) is 2.85. The summed E-state index contributed by atoms with van der Waals surface area (Å²) in [5, 5.41) is 3.00. The van der Waals surface area contributed by atoms with Gasteiger partial charge in [0.1, 0.15) is 5.82 Å². The third-order valence-corrected chi connectivity index (χ3v) is 4.41. The molecule has 1 unspecified atom stereocenters. The van der Waals surface area contributed by atoms with Gasteiger partial charge < -0.3 is 15.0 Å². The van der Waals surface area contributed by atoms with Gasteiger partial charge in [-0.05, 0) is 31.7 Å². The maximum absolute atomic E-state index is 12.1. The number of methoxy groups -OCH3 is 1. The van der Waals surface area contributed by atoms with E-state index in [9.17, 15) is 4.79 Å². The van der Waals surface area contributed by atoms with Crippen molar-refractivity contribution >= 4 is 5.91 Å². The van der Waals surface area contributed by atoms with Crippen LogP contribution in [-0.4, -0.2) is 60.7 Å². The Labute approximate surface area is 131 Å². The molecule has 0 spiro atoms. The molecule has 1 amide bonds. The Kier molecular flexibility index (Phi) is 5.00. The average molecular weight is 304 g/mol.